The number of H-pyrrole nitrogens is 1. The summed E-state index contributed by atoms with van der Waals surface area (Å²) in [6.45, 7) is 3.97. The van der Waals surface area contributed by atoms with E-state index in [4.69, 9.17) is 0 Å². The third kappa shape index (κ3) is 2.75. The number of aryl methyl sites for hydroxylation is 2. The highest BCUT2D eigenvalue weighted by Gasteiger charge is 2.27. The lowest BCUT2D eigenvalue weighted by Crippen LogP contribution is -2.20. The van der Waals surface area contributed by atoms with E-state index in [1.807, 2.05) is 18.5 Å². The molecule has 0 aliphatic heterocycles. The smallest absolute Gasteiger partial charge is 0.253 e. The molecule has 0 aromatic carbocycles. The highest BCUT2D eigenvalue weighted by Crippen LogP contribution is 2.41. The molecule has 1 N–H and O–H groups in total. The van der Waals surface area contributed by atoms with Crippen LogP contribution in [0.3, 0.4) is 0 Å². The summed E-state index contributed by atoms with van der Waals surface area (Å²) in [7, 11) is 0. The lowest BCUT2D eigenvalue weighted by atomic mass is 9.78. The first-order chi connectivity index (χ1) is 11.6. The van der Waals surface area contributed by atoms with E-state index in [-0.39, 0.29) is 5.56 Å². The number of nitrogens with zero attached hydrogens (tertiary/aromatic N) is 3. The number of fused-ring (bicyclic) bond motifs is 1. The molecule has 0 saturated heterocycles. The predicted octanol–water partition coefficient (Wildman–Crippen LogP) is 3.83. The third-order valence-corrected chi connectivity index (χ3v) is 6.12. The maximum Gasteiger partial charge on any atom is 0.253 e. The van der Waals surface area contributed by atoms with Crippen LogP contribution in [0.1, 0.15) is 59.3 Å². The molecule has 1 fully saturated rings. The number of rotatable bonds is 2. The van der Waals surface area contributed by atoms with Crippen molar-refractivity contribution in [1.29, 1.82) is 0 Å². The SMILES string of the molecule is Cc1cnc2cc(C3CCC(c4scnc4C)CC3)c(=O)[nH]c2n1. The van der Waals surface area contributed by atoms with E-state index in [0.717, 1.165) is 48.2 Å². The average molecular weight is 340 g/mol. The summed E-state index contributed by atoms with van der Waals surface area (Å²) in [4.78, 5) is 29.9. The molecule has 0 spiro atoms. The molecule has 24 heavy (non-hydrogen) atoms. The zero-order valence-electron chi connectivity index (χ0n) is 13.9. The molecule has 6 heteroatoms. The Morgan fingerprint density at radius 2 is 1.88 bits per heavy atom. The second-order valence-corrected chi connectivity index (χ2v) is 7.54. The van der Waals surface area contributed by atoms with Crippen molar-refractivity contribution in [3.05, 3.63) is 50.0 Å². The first kappa shape index (κ1) is 15.4. The fourth-order valence-electron chi connectivity index (χ4n) is 3.75. The number of aromatic nitrogens is 4. The Bertz CT molecular complexity index is 938. The van der Waals surface area contributed by atoms with Crippen molar-refractivity contribution in [2.75, 3.05) is 0 Å². The molecule has 1 aliphatic rings. The standard InChI is InChI=1S/C18H20N4OS/c1-10-8-19-15-7-14(18(23)22-17(15)21-10)12-3-5-13(6-4-12)16-11(2)20-9-24-16/h7-9,12-13H,3-6H2,1-2H3,(H,21,22,23). The van der Waals surface area contributed by atoms with Crippen molar-refractivity contribution in [3.8, 4) is 0 Å². The molecule has 0 radical (unpaired) electrons. The predicted molar refractivity (Wildman–Crippen MR) is 95.7 cm³/mol. The zero-order valence-corrected chi connectivity index (χ0v) is 14.7. The number of thiazole rings is 1. The second kappa shape index (κ2) is 6.09. The average Bonchev–Trinajstić information content (AvgIpc) is 3.00. The highest BCUT2D eigenvalue weighted by atomic mass is 32.1. The summed E-state index contributed by atoms with van der Waals surface area (Å²) < 4.78 is 0. The van der Waals surface area contributed by atoms with Gasteiger partial charge in [-0.2, -0.15) is 0 Å². The van der Waals surface area contributed by atoms with Crippen molar-refractivity contribution in [3.63, 3.8) is 0 Å². The van der Waals surface area contributed by atoms with Crippen LogP contribution in [0.4, 0.5) is 0 Å². The fraction of sp³-hybridized carbons (Fsp3) is 0.444. The number of nitrogens with one attached hydrogen (secondary N) is 1. The molecule has 0 amide bonds. The highest BCUT2D eigenvalue weighted by molar-refractivity contribution is 7.09. The van der Waals surface area contributed by atoms with Gasteiger partial charge in [-0.25, -0.2) is 9.97 Å². The van der Waals surface area contributed by atoms with Crippen LogP contribution in [-0.4, -0.2) is 19.9 Å². The van der Waals surface area contributed by atoms with Crippen molar-refractivity contribution in [2.24, 2.45) is 0 Å². The van der Waals surface area contributed by atoms with Crippen LogP contribution in [0.2, 0.25) is 0 Å². The molecular weight excluding hydrogens is 320 g/mol. The molecule has 0 atom stereocenters. The molecule has 3 aromatic rings. The van der Waals surface area contributed by atoms with E-state index in [0.29, 0.717) is 17.5 Å². The van der Waals surface area contributed by atoms with Gasteiger partial charge in [0.2, 0.25) is 0 Å². The number of aromatic amines is 1. The second-order valence-electron chi connectivity index (χ2n) is 6.65. The van der Waals surface area contributed by atoms with E-state index < -0.39 is 0 Å². The number of pyridine rings is 1. The Labute approximate surface area is 144 Å². The van der Waals surface area contributed by atoms with Gasteiger partial charge in [0.05, 0.1) is 16.9 Å². The van der Waals surface area contributed by atoms with Crippen LogP contribution in [0.5, 0.6) is 0 Å². The molecule has 4 rings (SSSR count). The van der Waals surface area contributed by atoms with E-state index in [9.17, 15) is 4.79 Å². The molecule has 1 saturated carbocycles. The minimum atomic E-state index is -0.0141. The van der Waals surface area contributed by atoms with Gasteiger partial charge < -0.3 is 4.98 Å². The van der Waals surface area contributed by atoms with Gasteiger partial charge in [-0.05, 0) is 57.4 Å². The van der Waals surface area contributed by atoms with Crippen LogP contribution >= 0.6 is 11.3 Å². The summed E-state index contributed by atoms with van der Waals surface area (Å²) in [5.41, 5.74) is 6.11. The van der Waals surface area contributed by atoms with Crippen LogP contribution in [0, 0.1) is 13.8 Å². The Balaban J connectivity index is 1.58. The van der Waals surface area contributed by atoms with Gasteiger partial charge in [0.1, 0.15) is 5.52 Å². The van der Waals surface area contributed by atoms with Gasteiger partial charge >= 0.3 is 0 Å². The fourth-order valence-corrected chi connectivity index (χ4v) is 4.73. The van der Waals surface area contributed by atoms with E-state index in [1.54, 1.807) is 17.5 Å². The van der Waals surface area contributed by atoms with Crippen LogP contribution in [0.25, 0.3) is 11.2 Å². The molecule has 3 aromatic heterocycles. The van der Waals surface area contributed by atoms with Gasteiger partial charge in [-0.1, -0.05) is 0 Å². The van der Waals surface area contributed by atoms with E-state index in [2.05, 4.69) is 26.9 Å². The Kier molecular flexibility index (Phi) is 3.92. The Morgan fingerprint density at radius 1 is 1.12 bits per heavy atom. The number of hydrogen-bond donors (Lipinski definition) is 1. The van der Waals surface area contributed by atoms with Gasteiger partial charge in [0, 0.05) is 16.6 Å². The molecule has 0 unspecified atom stereocenters. The third-order valence-electron chi connectivity index (χ3n) is 5.03. The van der Waals surface area contributed by atoms with Gasteiger partial charge in [0.15, 0.2) is 5.65 Å². The minimum absolute atomic E-state index is 0.0141. The van der Waals surface area contributed by atoms with Gasteiger partial charge in [0.25, 0.3) is 5.56 Å². The van der Waals surface area contributed by atoms with Crippen molar-refractivity contribution < 1.29 is 0 Å². The Morgan fingerprint density at radius 3 is 2.58 bits per heavy atom. The summed E-state index contributed by atoms with van der Waals surface area (Å²) in [6.07, 6.45) is 6.05. The summed E-state index contributed by atoms with van der Waals surface area (Å²) in [5.74, 6) is 0.904. The van der Waals surface area contributed by atoms with Crippen LogP contribution in [0.15, 0.2) is 22.6 Å². The molecule has 0 bridgehead atoms. The van der Waals surface area contributed by atoms with Crippen LogP contribution < -0.4 is 5.56 Å². The molecule has 3 heterocycles. The lowest BCUT2D eigenvalue weighted by Gasteiger charge is -2.28. The largest absolute Gasteiger partial charge is 0.305 e. The molecule has 5 nitrogen and oxygen atoms in total. The van der Waals surface area contributed by atoms with Crippen molar-refractivity contribution in [2.45, 2.75) is 51.4 Å². The number of hydrogen-bond acceptors (Lipinski definition) is 5. The van der Waals surface area contributed by atoms with Crippen LogP contribution in [-0.2, 0) is 0 Å². The van der Waals surface area contributed by atoms with Crippen molar-refractivity contribution in [1.82, 2.24) is 19.9 Å². The Hall–Kier alpha value is -2.08. The maximum atomic E-state index is 12.5. The normalized spacial score (nSPS) is 21.2. The quantitative estimate of drug-likeness (QED) is 0.769. The summed E-state index contributed by atoms with van der Waals surface area (Å²) in [5, 5.41) is 0. The van der Waals surface area contributed by atoms with Crippen molar-refractivity contribution >= 4 is 22.5 Å². The first-order valence-corrected chi connectivity index (χ1v) is 9.26. The van der Waals surface area contributed by atoms with Gasteiger partial charge in [-0.15, -0.1) is 11.3 Å². The molecule has 1 aliphatic carbocycles. The summed E-state index contributed by atoms with van der Waals surface area (Å²) >= 11 is 1.76. The maximum absolute atomic E-state index is 12.5. The summed E-state index contributed by atoms with van der Waals surface area (Å²) in [6, 6.07) is 1.93. The first-order valence-electron chi connectivity index (χ1n) is 8.38. The zero-order chi connectivity index (χ0) is 16.7. The topological polar surface area (TPSA) is 71.5 Å². The van der Waals surface area contributed by atoms with Gasteiger partial charge in [-0.3, -0.25) is 9.78 Å². The minimum Gasteiger partial charge on any atom is -0.305 e. The lowest BCUT2D eigenvalue weighted by molar-refractivity contribution is 0.397. The molecular formula is C18H20N4OS. The monoisotopic (exact) mass is 340 g/mol. The van der Waals surface area contributed by atoms with E-state index in [1.165, 1.54) is 4.88 Å². The van der Waals surface area contributed by atoms with E-state index >= 15 is 0 Å². The molecule has 124 valence electrons.